The Balaban J connectivity index is 1.36. The Hall–Kier alpha value is -2.32. The average molecular weight is 516 g/mol. The van der Waals surface area contributed by atoms with Crippen molar-refractivity contribution in [1.29, 1.82) is 0 Å². The Kier molecular flexibility index (Phi) is 7.45. The SMILES string of the molecule is CC(C)CCN1C(=O)C2CCC(C(=O)NC3CCCC3)CC2N2C(=O)N(Cc3ccc(Cl)cc3)NC12. The molecule has 0 spiro atoms. The van der Waals surface area contributed by atoms with Crippen molar-refractivity contribution in [3.63, 3.8) is 0 Å². The van der Waals surface area contributed by atoms with E-state index in [0.29, 0.717) is 43.3 Å². The number of benzene rings is 1. The zero-order chi connectivity index (χ0) is 25.4. The van der Waals surface area contributed by atoms with Crippen LogP contribution in [0.25, 0.3) is 0 Å². The lowest BCUT2D eigenvalue weighted by atomic mass is 9.75. The number of amides is 4. The Morgan fingerprint density at radius 1 is 1.11 bits per heavy atom. The lowest BCUT2D eigenvalue weighted by Gasteiger charge is -2.50. The standard InChI is InChI=1S/C27H38ClN5O3/c1-17(2)13-14-31-25(35)22-12-9-19(24(34)29-21-5-3-4-6-21)15-23(22)33-26(31)30-32(27(33)36)16-18-7-10-20(28)11-8-18/h7-8,10-11,17,19,21-23,26,30H,3-6,9,12-16H2,1-2H3,(H,29,34). The summed E-state index contributed by atoms with van der Waals surface area (Å²) in [6, 6.07) is 7.30. The maximum atomic E-state index is 13.7. The normalized spacial score (nSPS) is 28.6. The zero-order valence-electron chi connectivity index (χ0n) is 21.3. The molecule has 196 valence electrons. The highest BCUT2D eigenvalue weighted by Gasteiger charge is 2.55. The largest absolute Gasteiger partial charge is 0.353 e. The molecule has 0 bridgehead atoms. The van der Waals surface area contributed by atoms with Gasteiger partial charge in [-0.2, -0.15) is 5.43 Å². The number of carbonyl (C=O) groups is 3. The topological polar surface area (TPSA) is 85.0 Å². The van der Waals surface area contributed by atoms with E-state index in [-0.39, 0.29) is 41.8 Å². The third-order valence-corrected chi connectivity index (χ3v) is 8.58. The van der Waals surface area contributed by atoms with Gasteiger partial charge in [-0.1, -0.05) is 50.4 Å². The number of nitrogens with one attached hydrogen (secondary N) is 2. The second-order valence-corrected chi connectivity index (χ2v) is 11.7. The van der Waals surface area contributed by atoms with Gasteiger partial charge in [0.25, 0.3) is 0 Å². The molecule has 2 heterocycles. The van der Waals surface area contributed by atoms with Gasteiger partial charge in [0.05, 0.1) is 12.5 Å². The zero-order valence-corrected chi connectivity index (χ0v) is 22.0. The van der Waals surface area contributed by atoms with Gasteiger partial charge in [0.1, 0.15) is 0 Å². The lowest BCUT2D eigenvalue weighted by Crippen LogP contribution is -2.67. The van der Waals surface area contributed by atoms with Crippen LogP contribution in [0, 0.1) is 17.8 Å². The van der Waals surface area contributed by atoms with Crippen LogP contribution in [0.3, 0.4) is 0 Å². The van der Waals surface area contributed by atoms with Crippen molar-refractivity contribution in [2.45, 2.75) is 90.1 Å². The highest BCUT2D eigenvalue weighted by Crippen LogP contribution is 2.41. The Morgan fingerprint density at radius 3 is 2.53 bits per heavy atom. The van der Waals surface area contributed by atoms with E-state index in [2.05, 4.69) is 24.6 Å². The Bertz CT molecular complexity index is 980. The molecule has 2 aliphatic carbocycles. The fraction of sp³-hybridized carbons (Fsp3) is 0.667. The first-order valence-electron chi connectivity index (χ1n) is 13.5. The van der Waals surface area contributed by atoms with E-state index in [4.69, 9.17) is 11.6 Å². The van der Waals surface area contributed by atoms with Crippen molar-refractivity contribution in [3.8, 4) is 0 Å². The quantitative estimate of drug-likeness (QED) is 0.572. The van der Waals surface area contributed by atoms with Crippen LogP contribution in [-0.4, -0.2) is 57.6 Å². The summed E-state index contributed by atoms with van der Waals surface area (Å²) in [5, 5.41) is 5.49. The molecule has 9 heteroatoms. The minimum atomic E-state index is -0.519. The van der Waals surface area contributed by atoms with Crippen molar-refractivity contribution < 1.29 is 14.4 Å². The first kappa shape index (κ1) is 25.3. The van der Waals surface area contributed by atoms with Crippen molar-refractivity contribution in [2.24, 2.45) is 17.8 Å². The van der Waals surface area contributed by atoms with Gasteiger partial charge in [0.15, 0.2) is 6.29 Å². The molecule has 4 aliphatic rings. The molecule has 4 unspecified atom stereocenters. The number of fused-ring (bicyclic) bond motifs is 3. The molecule has 5 rings (SSSR count). The maximum Gasteiger partial charge on any atom is 0.337 e. The smallest absolute Gasteiger partial charge is 0.337 e. The number of carbonyl (C=O) groups excluding carboxylic acids is 3. The minimum Gasteiger partial charge on any atom is -0.353 e. The van der Waals surface area contributed by atoms with Crippen LogP contribution < -0.4 is 10.7 Å². The number of urea groups is 1. The molecule has 2 saturated heterocycles. The van der Waals surface area contributed by atoms with Crippen LogP contribution in [-0.2, 0) is 16.1 Å². The van der Waals surface area contributed by atoms with E-state index in [1.807, 2.05) is 34.1 Å². The van der Waals surface area contributed by atoms with E-state index in [0.717, 1.165) is 24.8 Å². The van der Waals surface area contributed by atoms with Crippen LogP contribution in [0.5, 0.6) is 0 Å². The fourth-order valence-electron chi connectivity index (χ4n) is 6.26. The Morgan fingerprint density at radius 2 is 1.83 bits per heavy atom. The molecule has 36 heavy (non-hydrogen) atoms. The van der Waals surface area contributed by atoms with Gasteiger partial charge in [-0.05, 0) is 62.1 Å². The molecule has 4 atom stereocenters. The molecule has 4 fully saturated rings. The minimum absolute atomic E-state index is 0.0872. The number of hydrogen-bond acceptors (Lipinski definition) is 4. The summed E-state index contributed by atoms with van der Waals surface area (Å²) in [6.07, 6.45) is 6.64. The molecule has 4 amide bonds. The first-order valence-corrected chi connectivity index (χ1v) is 13.9. The summed E-state index contributed by atoms with van der Waals surface area (Å²) in [6.45, 7) is 5.26. The number of halogens is 1. The van der Waals surface area contributed by atoms with Gasteiger partial charge in [0.2, 0.25) is 11.8 Å². The van der Waals surface area contributed by atoms with Crippen LogP contribution in [0.2, 0.25) is 5.02 Å². The molecular formula is C27H38ClN5O3. The number of hydrazine groups is 1. The van der Waals surface area contributed by atoms with E-state index in [1.165, 1.54) is 12.8 Å². The van der Waals surface area contributed by atoms with Gasteiger partial charge < -0.3 is 10.2 Å². The second kappa shape index (κ2) is 10.6. The van der Waals surface area contributed by atoms with Crippen LogP contribution in [0.4, 0.5) is 4.79 Å². The van der Waals surface area contributed by atoms with Crippen molar-refractivity contribution in [1.82, 2.24) is 25.6 Å². The molecule has 1 aromatic rings. The lowest BCUT2D eigenvalue weighted by molar-refractivity contribution is -0.159. The molecule has 1 aromatic carbocycles. The summed E-state index contributed by atoms with van der Waals surface area (Å²) in [7, 11) is 0. The highest BCUT2D eigenvalue weighted by molar-refractivity contribution is 6.30. The van der Waals surface area contributed by atoms with Crippen molar-refractivity contribution in [2.75, 3.05) is 6.54 Å². The van der Waals surface area contributed by atoms with E-state index >= 15 is 0 Å². The Labute approximate surface area is 218 Å². The predicted octanol–water partition coefficient (Wildman–Crippen LogP) is 4.10. The highest BCUT2D eigenvalue weighted by atomic mass is 35.5. The van der Waals surface area contributed by atoms with Gasteiger partial charge in [-0.3, -0.25) is 19.5 Å². The number of rotatable bonds is 7. The van der Waals surface area contributed by atoms with Gasteiger partial charge in [-0.25, -0.2) is 4.79 Å². The summed E-state index contributed by atoms with van der Waals surface area (Å²) in [5.74, 6) is 0.210. The van der Waals surface area contributed by atoms with Crippen molar-refractivity contribution >= 4 is 29.4 Å². The molecule has 0 radical (unpaired) electrons. The maximum absolute atomic E-state index is 13.7. The summed E-state index contributed by atoms with van der Waals surface area (Å²) in [5.41, 5.74) is 4.28. The van der Waals surface area contributed by atoms with E-state index in [9.17, 15) is 14.4 Å². The number of nitrogens with zero attached hydrogens (tertiary/aromatic N) is 3. The molecule has 2 saturated carbocycles. The average Bonchev–Trinajstić information content (AvgIpc) is 3.48. The predicted molar refractivity (Wildman–Crippen MR) is 137 cm³/mol. The van der Waals surface area contributed by atoms with Gasteiger partial charge in [-0.15, -0.1) is 0 Å². The molecule has 8 nitrogen and oxygen atoms in total. The first-order chi connectivity index (χ1) is 17.3. The van der Waals surface area contributed by atoms with Crippen LogP contribution >= 0.6 is 11.6 Å². The molecular weight excluding hydrogens is 478 g/mol. The molecule has 0 aromatic heterocycles. The third kappa shape index (κ3) is 5.07. The third-order valence-electron chi connectivity index (χ3n) is 8.33. The van der Waals surface area contributed by atoms with E-state index in [1.54, 1.807) is 5.01 Å². The van der Waals surface area contributed by atoms with Crippen LogP contribution in [0.1, 0.15) is 70.8 Å². The van der Waals surface area contributed by atoms with Gasteiger partial charge in [0, 0.05) is 29.6 Å². The number of hydrogen-bond donors (Lipinski definition) is 2. The van der Waals surface area contributed by atoms with E-state index < -0.39 is 6.29 Å². The second-order valence-electron chi connectivity index (χ2n) is 11.3. The molecule has 2 aliphatic heterocycles. The summed E-state index contributed by atoms with van der Waals surface area (Å²) < 4.78 is 0. The summed E-state index contributed by atoms with van der Waals surface area (Å²) in [4.78, 5) is 44.2. The monoisotopic (exact) mass is 515 g/mol. The van der Waals surface area contributed by atoms with Gasteiger partial charge >= 0.3 is 6.03 Å². The van der Waals surface area contributed by atoms with Crippen molar-refractivity contribution in [3.05, 3.63) is 34.9 Å². The fourth-order valence-corrected chi connectivity index (χ4v) is 6.39. The van der Waals surface area contributed by atoms with Crippen LogP contribution in [0.15, 0.2) is 24.3 Å². The summed E-state index contributed by atoms with van der Waals surface area (Å²) >= 11 is 6.04. The molecule has 2 N–H and O–H groups in total.